The second kappa shape index (κ2) is 5.27. The number of thiophene rings is 1. The molecule has 0 radical (unpaired) electrons. The molecule has 0 aromatic carbocycles. The molecule has 0 unspecified atom stereocenters. The van der Waals surface area contributed by atoms with Crippen LogP contribution in [0.3, 0.4) is 0 Å². The van der Waals surface area contributed by atoms with Crippen molar-refractivity contribution in [1.29, 1.82) is 0 Å². The number of hydrogen-bond acceptors (Lipinski definition) is 4. The van der Waals surface area contributed by atoms with Gasteiger partial charge in [0.05, 0.1) is 10.6 Å². The zero-order chi connectivity index (χ0) is 12.3. The van der Waals surface area contributed by atoms with Gasteiger partial charge in [-0.25, -0.2) is 9.97 Å². The average molecular weight is 247 g/mol. The van der Waals surface area contributed by atoms with E-state index in [9.17, 15) is 0 Å². The van der Waals surface area contributed by atoms with E-state index >= 15 is 0 Å². The number of hydrogen-bond donors (Lipinski definition) is 1. The van der Waals surface area contributed by atoms with Crippen molar-refractivity contribution in [2.75, 3.05) is 12.4 Å². The van der Waals surface area contributed by atoms with Crippen molar-refractivity contribution in [3.05, 3.63) is 28.9 Å². The van der Waals surface area contributed by atoms with E-state index in [1.807, 2.05) is 7.05 Å². The minimum absolute atomic E-state index is 0.949. The average Bonchev–Trinajstić information content (AvgIpc) is 2.76. The van der Waals surface area contributed by atoms with E-state index in [0.717, 1.165) is 24.4 Å². The molecule has 2 heterocycles. The molecule has 90 valence electrons. The monoisotopic (exact) mass is 247 g/mol. The predicted octanol–water partition coefficient (Wildman–Crippen LogP) is 3.51. The fourth-order valence-electron chi connectivity index (χ4n) is 1.93. The Kier molecular flexibility index (Phi) is 3.74. The fourth-order valence-corrected chi connectivity index (χ4v) is 2.88. The van der Waals surface area contributed by atoms with Crippen LogP contribution >= 0.6 is 11.3 Å². The van der Waals surface area contributed by atoms with Crippen LogP contribution in [0.15, 0.2) is 17.8 Å². The molecule has 2 aromatic rings. The normalized spacial score (nSPS) is 10.5. The summed E-state index contributed by atoms with van der Waals surface area (Å²) in [6, 6.07) is 2.14. The lowest BCUT2D eigenvalue weighted by Crippen LogP contribution is -2.02. The van der Waals surface area contributed by atoms with Crippen LogP contribution in [0.1, 0.15) is 24.5 Å². The lowest BCUT2D eigenvalue weighted by atomic mass is 10.1. The minimum Gasteiger partial charge on any atom is -0.373 e. The third kappa shape index (κ3) is 2.31. The van der Waals surface area contributed by atoms with Gasteiger partial charge in [0.25, 0.3) is 0 Å². The van der Waals surface area contributed by atoms with Crippen LogP contribution in [-0.2, 0) is 6.42 Å². The number of nitrogens with one attached hydrogen (secondary N) is 1. The van der Waals surface area contributed by atoms with E-state index in [2.05, 4.69) is 40.6 Å². The lowest BCUT2D eigenvalue weighted by Gasteiger charge is -2.11. The van der Waals surface area contributed by atoms with Gasteiger partial charge in [0.15, 0.2) is 0 Å². The molecule has 0 atom stereocenters. The highest BCUT2D eigenvalue weighted by Gasteiger charge is 2.14. The van der Waals surface area contributed by atoms with Crippen LogP contribution in [0.5, 0.6) is 0 Å². The summed E-state index contributed by atoms with van der Waals surface area (Å²) in [6.45, 7) is 4.31. The van der Waals surface area contributed by atoms with E-state index in [-0.39, 0.29) is 0 Å². The Labute approximate surface area is 106 Å². The summed E-state index contributed by atoms with van der Waals surface area (Å²) in [4.78, 5) is 10.0. The van der Waals surface area contributed by atoms with E-state index in [0.29, 0.717) is 0 Å². The molecule has 0 spiro atoms. The number of aryl methyl sites for hydroxylation is 1. The first-order valence-electron chi connectivity index (χ1n) is 5.84. The van der Waals surface area contributed by atoms with E-state index in [1.54, 1.807) is 17.7 Å². The van der Waals surface area contributed by atoms with Gasteiger partial charge in [0.1, 0.15) is 12.1 Å². The van der Waals surface area contributed by atoms with Crippen LogP contribution in [0.25, 0.3) is 10.6 Å². The predicted molar refractivity (Wildman–Crippen MR) is 73.6 cm³/mol. The first-order valence-corrected chi connectivity index (χ1v) is 6.72. The highest BCUT2D eigenvalue weighted by molar-refractivity contribution is 7.13. The van der Waals surface area contributed by atoms with Gasteiger partial charge in [0, 0.05) is 12.6 Å². The SMILES string of the molecule is CCCc1c(NC)ncnc1-c1sccc1C. The van der Waals surface area contributed by atoms with Gasteiger partial charge in [-0.15, -0.1) is 11.3 Å². The molecule has 1 N–H and O–H groups in total. The zero-order valence-corrected chi connectivity index (χ0v) is 11.3. The van der Waals surface area contributed by atoms with Crippen molar-refractivity contribution >= 4 is 17.2 Å². The van der Waals surface area contributed by atoms with Crippen LogP contribution in [0.4, 0.5) is 5.82 Å². The summed E-state index contributed by atoms with van der Waals surface area (Å²) in [5.41, 5.74) is 3.59. The van der Waals surface area contributed by atoms with Gasteiger partial charge in [0.2, 0.25) is 0 Å². The first-order chi connectivity index (χ1) is 8.27. The van der Waals surface area contributed by atoms with Gasteiger partial charge < -0.3 is 5.32 Å². The lowest BCUT2D eigenvalue weighted by molar-refractivity contribution is 0.906. The molecule has 3 nitrogen and oxygen atoms in total. The molecule has 4 heteroatoms. The first kappa shape index (κ1) is 12.0. The van der Waals surface area contributed by atoms with Gasteiger partial charge in [-0.3, -0.25) is 0 Å². The summed E-state index contributed by atoms with van der Waals surface area (Å²) >= 11 is 1.74. The van der Waals surface area contributed by atoms with Crippen molar-refractivity contribution in [2.45, 2.75) is 26.7 Å². The third-order valence-electron chi connectivity index (χ3n) is 2.76. The summed E-state index contributed by atoms with van der Waals surface area (Å²) in [5, 5.41) is 5.27. The summed E-state index contributed by atoms with van der Waals surface area (Å²) < 4.78 is 0. The van der Waals surface area contributed by atoms with Gasteiger partial charge >= 0.3 is 0 Å². The summed E-state index contributed by atoms with van der Waals surface area (Å²) in [5.74, 6) is 0.949. The standard InChI is InChI=1S/C13H17N3S/c1-4-5-10-11(12-9(2)6-7-17-12)15-8-16-13(10)14-3/h6-8H,4-5H2,1-3H3,(H,14,15,16). The molecule has 0 aliphatic carbocycles. The minimum atomic E-state index is 0.949. The van der Waals surface area contributed by atoms with Crippen LogP contribution < -0.4 is 5.32 Å². The molecular weight excluding hydrogens is 230 g/mol. The highest BCUT2D eigenvalue weighted by atomic mass is 32.1. The fraction of sp³-hybridized carbons (Fsp3) is 0.385. The zero-order valence-electron chi connectivity index (χ0n) is 10.4. The quantitative estimate of drug-likeness (QED) is 0.898. The molecule has 0 amide bonds. The van der Waals surface area contributed by atoms with Gasteiger partial charge in [-0.1, -0.05) is 13.3 Å². The molecular formula is C13H17N3S. The number of aromatic nitrogens is 2. The molecule has 2 rings (SSSR count). The Morgan fingerprint density at radius 3 is 2.76 bits per heavy atom. The topological polar surface area (TPSA) is 37.8 Å². The van der Waals surface area contributed by atoms with Crippen molar-refractivity contribution in [3.8, 4) is 10.6 Å². The number of nitrogens with zero attached hydrogens (tertiary/aromatic N) is 2. The molecule has 0 aliphatic heterocycles. The van der Waals surface area contributed by atoms with Crippen LogP contribution in [0.2, 0.25) is 0 Å². The van der Waals surface area contributed by atoms with Crippen LogP contribution in [0, 0.1) is 6.92 Å². The Balaban J connectivity index is 2.57. The van der Waals surface area contributed by atoms with Crippen molar-refractivity contribution in [3.63, 3.8) is 0 Å². The van der Waals surface area contributed by atoms with Gasteiger partial charge in [-0.05, 0) is 30.4 Å². The number of rotatable bonds is 4. The van der Waals surface area contributed by atoms with E-state index < -0.39 is 0 Å². The maximum Gasteiger partial charge on any atom is 0.132 e. The molecule has 0 aliphatic rings. The second-order valence-corrected chi connectivity index (χ2v) is 4.90. The largest absolute Gasteiger partial charge is 0.373 e. The summed E-state index contributed by atoms with van der Waals surface area (Å²) in [6.07, 6.45) is 3.74. The maximum atomic E-state index is 4.47. The van der Waals surface area contributed by atoms with E-state index in [1.165, 1.54) is 16.0 Å². The molecule has 0 saturated heterocycles. The Morgan fingerprint density at radius 1 is 1.35 bits per heavy atom. The highest BCUT2D eigenvalue weighted by Crippen LogP contribution is 2.32. The second-order valence-electron chi connectivity index (χ2n) is 3.98. The number of anilines is 1. The van der Waals surface area contributed by atoms with Crippen molar-refractivity contribution < 1.29 is 0 Å². The molecule has 0 bridgehead atoms. The Hall–Kier alpha value is -1.42. The van der Waals surface area contributed by atoms with Gasteiger partial charge in [-0.2, -0.15) is 0 Å². The molecule has 2 aromatic heterocycles. The van der Waals surface area contributed by atoms with Crippen molar-refractivity contribution in [2.24, 2.45) is 0 Å². The molecule has 17 heavy (non-hydrogen) atoms. The van der Waals surface area contributed by atoms with E-state index in [4.69, 9.17) is 0 Å². The molecule has 0 fully saturated rings. The van der Waals surface area contributed by atoms with Crippen molar-refractivity contribution in [1.82, 2.24) is 9.97 Å². The smallest absolute Gasteiger partial charge is 0.132 e. The molecule has 0 saturated carbocycles. The summed E-state index contributed by atoms with van der Waals surface area (Å²) in [7, 11) is 1.91. The third-order valence-corrected chi connectivity index (χ3v) is 3.78. The Bertz CT molecular complexity index is 505. The maximum absolute atomic E-state index is 4.47. The van der Waals surface area contributed by atoms with Crippen LogP contribution in [-0.4, -0.2) is 17.0 Å². The Morgan fingerprint density at radius 2 is 2.18 bits per heavy atom.